The van der Waals surface area contributed by atoms with Crippen LogP contribution in [0.2, 0.25) is 0 Å². The van der Waals surface area contributed by atoms with Crippen LogP contribution >= 0.6 is 11.3 Å². The molecule has 0 saturated heterocycles. The summed E-state index contributed by atoms with van der Waals surface area (Å²) in [4.78, 5) is 2.38. The van der Waals surface area contributed by atoms with Crippen molar-refractivity contribution >= 4 is 81.1 Å². The summed E-state index contributed by atoms with van der Waals surface area (Å²) >= 11 is 1.86. The lowest BCUT2D eigenvalue weighted by molar-refractivity contribution is 1.19. The number of hydrogen-bond acceptors (Lipinski definition) is 2. The second-order valence-electron chi connectivity index (χ2n) is 12.6. The molecule has 0 spiro atoms. The molecular formula is C46H30N2S. The van der Waals surface area contributed by atoms with Crippen molar-refractivity contribution in [2.45, 2.75) is 0 Å². The third-order valence-electron chi connectivity index (χ3n) is 9.74. The van der Waals surface area contributed by atoms with Crippen molar-refractivity contribution in [1.82, 2.24) is 4.57 Å². The van der Waals surface area contributed by atoms with Gasteiger partial charge < -0.3 is 9.47 Å². The molecule has 0 bridgehead atoms. The molecule has 0 saturated carbocycles. The number of anilines is 3. The van der Waals surface area contributed by atoms with Crippen LogP contribution in [0.5, 0.6) is 0 Å². The fraction of sp³-hybridized carbons (Fsp3) is 0. The minimum absolute atomic E-state index is 1.12. The van der Waals surface area contributed by atoms with E-state index in [2.05, 4.69) is 191 Å². The molecular weight excluding hydrogens is 613 g/mol. The lowest BCUT2D eigenvalue weighted by Gasteiger charge is -2.26. The molecule has 2 heterocycles. The highest BCUT2D eigenvalue weighted by Gasteiger charge is 2.18. The van der Waals surface area contributed by atoms with E-state index in [0.717, 1.165) is 22.7 Å². The molecule has 3 heteroatoms. The maximum atomic E-state index is 2.42. The summed E-state index contributed by atoms with van der Waals surface area (Å²) in [6.45, 7) is 0. The van der Waals surface area contributed by atoms with Crippen LogP contribution in [0.1, 0.15) is 0 Å². The van der Waals surface area contributed by atoms with Gasteiger partial charge in [0.15, 0.2) is 0 Å². The minimum atomic E-state index is 1.12. The van der Waals surface area contributed by atoms with Crippen LogP contribution < -0.4 is 4.90 Å². The molecule has 8 aromatic carbocycles. The molecule has 2 aromatic heterocycles. The summed E-state index contributed by atoms with van der Waals surface area (Å²) in [6, 6.07) is 66.2. The average molecular weight is 643 g/mol. The van der Waals surface area contributed by atoms with E-state index < -0.39 is 0 Å². The van der Waals surface area contributed by atoms with Crippen molar-refractivity contribution < 1.29 is 0 Å². The predicted octanol–water partition coefficient (Wildman–Crippen LogP) is 13.4. The minimum Gasteiger partial charge on any atom is -0.310 e. The first kappa shape index (κ1) is 27.9. The van der Waals surface area contributed by atoms with Gasteiger partial charge in [-0.3, -0.25) is 0 Å². The first-order valence-electron chi connectivity index (χ1n) is 16.7. The van der Waals surface area contributed by atoms with Crippen LogP contribution in [-0.2, 0) is 0 Å². The normalized spacial score (nSPS) is 11.7. The summed E-state index contributed by atoms with van der Waals surface area (Å²) in [5.41, 5.74) is 9.37. The summed E-state index contributed by atoms with van der Waals surface area (Å²) < 4.78 is 5.03. The number of rotatable bonds is 5. The van der Waals surface area contributed by atoms with Gasteiger partial charge >= 0.3 is 0 Å². The third-order valence-corrected chi connectivity index (χ3v) is 10.9. The van der Waals surface area contributed by atoms with Gasteiger partial charge in [0.1, 0.15) is 0 Å². The van der Waals surface area contributed by atoms with Crippen LogP contribution in [0.4, 0.5) is 17.1 Å². The quantitative estimate of drug-likeness (QED) is 0.181. The highest BCUT2D eigenvalue weighted by molar-refractivity contribution is 7.25. The Morgan fingerprint density at radius 2 is 1.00 bits per heavy atom. The van der Waals surface area contributed by atoms with Gasteiger partial charge in [-0.25, -0.2) is 0 Å². The second kappa shape index (κ2) is 11.2. The van der Waals surface area contributed by atoms with Crippen molar-refractivity contribution in [2.24, 2.45) is 0 Å². The number of hydrogen-bond donors (Lipinski definition) is 0. The van der Waals surface area contributed by atoms with Crippen molar-refractivity contribution in [3.05, 3.63) is 182 Å². The first-order valence-corrected chi connectivity index (χ1v) is 17.5. The Labute approximate surface area is 288 Å². The molecule has 0 amide bonds. The lowest BCUT2D eigenvalue weighted by atomic mass is 9.96. The molecule has 230 valence electrons. The Balaban J connectivity index is 1.18. The lowest BCUT2D eigenvalue weighted by Crippen LogP contribution is -2.09. The summed E-state index contributed by atoms with van der Waals surface area (Å²) in [5.74, 6) is 0. The zero-order valence-corrected chi connectivity index (χ0v) is 27.4. The smallest absolute Gasteiger partial charge is 0.0541 e. The monoisotopic (exact) mass is 642 g/mol. The Kier molecular flexibility index (Phi) is 6.39. The van der Waals surface area contributed by atoms with Gasteiger partial charge in [-0.2, -0.15) is 0 Å². The van der Waals surface area contributed by atoms with E-state index in [4.69, 9.17) is 0 Å². The molecule has 0 fully saturated rings. The van der Waals surface area contributed by atoms with Gasteiger partial charge in [0.25, 0.3) is 0 Å². The van der Waals surface area contributed by atoms with E-state index in [0.29, 0.717) is 0 Å². The molecule has 10 rings (SSSR count). The molecule has 0 atom stereocenters. The molecule has 0 radical (unpaired) electrons. The van der Waals surface area contributed by atoms with Crippen LogP contribution in [0.3, 0.4) is 0 Å². The predicted molar refractivity (Wildman–Crippen MR) is 211 cm³/mol. The molecule has 0 aliphatic heterocycles. The second-order valence-corrected chi connectivity index (χ2v) is 13.7. The molecule has 0 aliphatic rings. The molecule has 0 aliphatic carbocycles. The largest absolute Gasteiger partial charge is 0.310 e. The van der Waals surface area contributed by atoms with Gasteiger partial charge in [0.05, 0.1) is 11.0 Å². The highest BCUT2D eigenvalue weighted by Crippen LogP contribution is 2.42. The highest BCUT2D eigenvalue weighted by atomic mass is 32.1. The van der Waals surface area contributed by atoms with Crippen molar-refractivity contribution in [2.75, 3.05) is 4.90 Å². The van der Waals surface area contributed by atoms with Crippen LogP contribution in [0.15, 0.2) is 182 Å². The number of nitrogens with zero attached hydrogens (tertiary/aromatic N) is 2. The van der Waals surface area contributed by atoms with E-state index in [1.807, 2.05) is 11.3 Å². The number of fused-ring (bicyclic) bond motifs is 7. The fourth-order valence-corrected chi connectivity index (χ4v) is 8.69. The maximum Gasteiger partial charge on any atom is 0.0541 e. The SMILES string of the molecule is c1ccc(N(c2cccc(-c3cc(-n4c5ccccc5c5ccccc54)cc4ccccc34)c2)c2ccc3c(c2)sc2ccccc23)cc1. The molecule has 2 nitrogen and oxygen atoms in total. The molecule has 49 heavy (non-hydrogen) atoms. The Morgan fingerprint density at radius 1 is 0.388 bits per heavy atom. The number of thiophene rings is 1. The van der Waals surface area contributed by atoms with Gasteiger partial charge in [0, 0.05) is 53.7 Å². The van der Waals surface area contributed by atoms with E-state index in [1.54, 1.807) is 0 Å². The number of aromatic nitrogens is 1. The Morgan fingerprint density at radius 3 is 1.80 bits per heavy atom. The van der Waals surface area contributed by atoms with E-state index in [9.17, 15) is 0 Å². The number of para-hydroxylation sites is 3. The Bertz CT molecular complexity index is 2790. The standard InChI is InChI=1S/C46H30N2S/c1-2-15-33(16-3-1)47(35-25-26-41-40-21-8-11-24-45(40)49-46(41)30-35)34-17-12-14-32(27-34)42-29-36(28-31-13-4-5-18-37(31)42)48-43-22-9-6-19-38(43)39-20-7-10-23-44(39)48/h1-30H. The van der Waals surface area contributed by atoms with Crippen molar-refractivity contribution in [3.63, 3.8) is 0 Å². The molecule has 10 aromatic rings. The summed E-state index contributed by atoms with van der Waals surface area (Å²) in [6.07, 6.45) is 0. The van der Waals surface area contributed by atoms with Crippen molar-refractivity contribution in [3.8, 4) is 16.8 Å². The maximum absolute atomic E-state index is 2.42. The van der Waals surface area contributed by atoms with Crippen LogP contribution in [0, 0.1) is 0 Å². The molecule has 0 unspecified atom stereocenters. The Hall–Kier alpha value is -6.16. The topological polar surface area (TPSA) is 8.17 Å². The van der Waals surface area contributed by atoms with Gasteiger partial charge in [-0.15, -0.1) is 11.3 Å². The number of benzene rings is 8. The van der Waals surface area contributed by atoms with Crippen molar-refractivity contribution in [1.29, 1.82) is 0 Å². The third kappa shape index (κ3) is 4.55. The van der Waals surface area contributed by atoms with E-state index in [1.165, 1.54) is 63.9 Å². The molecule has 0 N–H and O–H groups in total. The van der Waals surface area contributed by atoms with Crippen LogP contribution in [0.25, 0.3) is 69.6 Å². The van der Waals surface area contributed by atoms with Gasteiger partial charge in [-0.1, -0.05) is 115 Å². The van der Waals surface area contributed by atoms with E-state index in [-0.39, 0.29) is 0 Å². The zero-order chi connectivity index (χ0) is 32.3. The van der Waals surface area contributed by atoms with Crippen LogP contribution in [-0.4, -0.2) is 4.57 Å². The zero-order valence-electron chi connectivity index (χ0n) is 26.6. The fourth-order valence-electron chi connectivity index (χ4n) is 7.55. The van der Waals surface area contributed by atoms with Gasteiger partial charge in [-0.05, 0) is 88.6 Å². The van der Waals surface area contributed by atoms with Gasteiger partial charge in [0.2, 0.25) is 0 Å². The van der Waals surface area contributed by atoms with E-state index >= 15 is 0 Å². The average Bonchev–Trinajstić information content (AvgIpc) is 3.71. The first-order chi connectivity index (χ1) is 24.3. The summed E-state index contributed by atoms with van der Waals surface area (Å²) in [5, 5.41) is 7.61. The summed E-state index contributed by atoms with van der Waals surface area (Å²) in [7, 11) is 0.